The largest absolute Gasteiger partial charge is 0.493 e. The van der Waals surface area contributed by atoms with E-state index in [2.05, 4.69) is 5.32 Å². The Bertz CT molecular complexity index is 1460. The Kier molecular flexibility index (Phi) is 6.19. The molecule has 0 saturated heterocycles. The topological polar surface area (TPSA) is 109 Å². The van der Waals surface area contributed by atoms with Gasteiger partial charge in [0.2, 0.25) is 0 Å². The zero-order valence-electron chi connectivity index (χ0n) is 18.7. The van der Waals surface area contributed by atoms with Crippen molar-refractivity contribution in [1.82, 2.24) is 10.3 Å². The monoisotopic (exact) mass is 487 g/mol. The summed E-state index contributed by atoms with van der Waals surface area (Å²) in [6.45, 7) is 2.20. The van der Waals surface area contributed by atoms with E-state index in [1.807, 2.05) is 55.5 Å². The Hall–Kier alpha value is -4.18. The van der Waals surface area contributed by atoms with Crippen LogP contribution in [-0.2, 0) is 10.5 Å². The third-order valence-electron chi connectivity index (χ3n) is 5.52. The zero-order valence-corrected chi connectivity index (χ0v) is 19.6. The van der Waals surface area contributed by atoms with Crippen LogP contribution in [0.5, 0.6) is 5.75 Å². The van der Waals surface area contributed by atoms with Crippen molar-refractivity contribution in [3.05, 3.63) is 105 Å². The minimum atomic E-state index is -0.820. The van der Waals surface area contributed by atoms with Crippen LogP contribution in [0.2, 0.25) is 0 Å². The van der Waals surface area contributed by atoms with Crippen molar-refractivity contribution in [2.45, 2.75) is 18.8 Å². The van der Waals surface area contributed by atoms with Crippen molar-refractivity contribution < 1.29 is 14.5 Å². The molecular weight excluding hydrogens is 466 g/mol. The van der Waals surface area contributed by atoms with E-state index in [1.54, 1.807) is 12.1 Å². The van der Waals surface area contributed by atoms with Crippen LogP contribution in [0.15, 0.2) is 82.9 Å². The van der Waals surface area contributed by atoms with Crippen molar-refractivity contribution in [2.75, 3.05) is 6.61 Å². The average Bonchev–Trinajstić information content (AvgIpc) is 2.88. The lowest BCUT2D eigenvalue weighted by Crippen LogP contribution is -2.50. The first-order chi connectivity index (χ1) is 17.0. The highest BCUT2D eigenvalue weighted by molar-refractivity contribution is 8.13. The van der Waals surface area contributed by atoms with E-state index in [0.717, 1.165) is 5.56 Å². The fourth-order valence-corrected chi connectivity index (χ4v) is 4.77. The van der Waals surface area contributed by atoms with Gasteiger partial charge in [0.1, 0.15) is 11.4 Å². The number of fused-ring (bicyclic) bond motifs is 2. The van der Waals surface area contributed by atoms with Crippen LogP contribution in [0.3, 0.4) is 0 Å². The number of hydrogen-bond acceptors (Lipinski definition) is 8. The first kappa shape index (κ1) is 22.6. The quantitative estimate of drug-likeness (QED) is 0.423. The number of carbonyl (C=O) groups is 1. The van der Waals surface area contributed by atoms with E-state index < -0.39 is 11.1 Å². The summed E-state index contributed by atoms with van der Waals surface area (Å²) in [5.74, 6) is 0.749. The maximum atomic E-state index is 13.3. The number of ether oxygens (including phenoxy) is 1. The van der Waals surface area contributed by atoms with Gasteiger partial charge in [-0.05, 0) is 24.6 Å². The number of amidine groups is 1. The molecule has 3 aromatic rings. The number of non-ortho nitro benzene ring substituents is 1. The number of para-hydroxylation sites is 1. The van der Waals surface area contributed by atoms with Crippen molar-refractivity contribution in [3.8, 4) is 5.75 Å². The summed E-state index contributed by atoms with van der Waals surface area (Å²) in [5.41, 5.74) is 1.78. The maximum Gasteiger partial charge on any atom is 0.276 e. The summed E-state index contributed by atoms with van der Waals surface area (Å²) >= 11 is 1.39. The number of nitro groups is 1. The van der Waals surface area contributed by atoms with E-state index in [-0.39, 0.29) is 11.6 Å². The fraction of sp³-hybridized carbons (Fsp3) is 0.160. The van der Waals surface area contributed by atoms with Gasteiger partial charge in [-0.1, -0.05) is 60.3 Å². The molecule has 1 atom stereocenters. The minimum Gasteiger partial charge on any atom is -0.493 e. The lowest BCUT2D eigenvalue weighted by molar-refractivity contribution is -0.385. The van der Waals surface area contributed by atoms with E-state index >= 15 is 0 Å². The number of thioether (sulfide) groups is 1. The Morgan fingerprint density at radius 2 is 1.89 bits per heavy atom. The standard InChI is InChI=1S/C25H21N5O4S/c1-2-34-21-13-12-17(30(32)33)14-19(21)23-26-20-11-7-6-10-18(20)22-24(31)27-25(28-29(22)23)35-15-16-8-4-3-5-9-16/h3-14,23H,2,15H2,1H3,(H,27,28,31)/t23-/m0/s1. The number of nitrogens with one attached hydrogen (secondary N) is 1. The third-order valence-corrected chi connectivity index (χ3v) is 6.45. The number of benzene rings is 3. The molecule has 2 aliphatic heterocycles. The molecule has 176 valence electrons. The molecule has 0 fully saturated rings. The number of nitrogens with zero attached hydrogens (tertiary/aromatic N) is 4. The molecular formula is C25H21N5O4S. The van der Waals surface area contributed by atoms with Crippen LogP contribution in [0.1, 0.15) is 24.2 Å². The lowest BCUT2D eigenvalue weighted by Gasteiger charge is -2.34. The van der Waals surface area contributed by atoms with E-state index in [9.17, 15) is 14.9 Å². The number of amides is 1. The second-order valence-electron chi connectivity index (χ2n) is 7.76. The summed E-state index contributed by atoms with van der Waals surface area (Å²) in [7, 11) is 0. The molecule has 3 aromatic carbocycles. The van der Waals surface area contributed by atoms with Crippen molar-refractivity contribution in [2.24, 2.45) is 10.1 Å². The SMILES string of the molecule is CCOc1ccc([N+](=O)[O-])cc1[C@H]1N=c2ccccc2=C2C(=O)NC(SCc3ccccc3)=NN21. The Morgan fingerprint density at radius 3 is 2.66 bits per heavy atom. The summed E-state index contributed by atoms with van der Waals surface area (Å²) < 4.78 is 5.78. The summed E-state index contributed by atoms with van der Waals surface area (Å²) in [4.78, 5) is 29.2. The Labute approximate surface area is 205 Å². The molecule has 10 heteroatoms. The van der Waals surface area contributed by atoms with Crippen LogP contribution in [-0.4, -0.2) is 27.6 Å². The predicted molar refractivity (Wildman–Crippen MR) is 133 cm³/mol. The molecule has 1 N–H and O–H groups in total. The van der Waals surface area contributed by atoms with Crippen LogP contribution in [0.25, 0.3) is 5.70 Å². The zero-order chi connectivity index (χ0) is 24.4. The Morgan fingerprint density at radius 1 is 1.11 bits per heavy atom. The number of carbonyl (C=O) groups excluding carboxylic acids is 1. The van der Waals surface area contributed by atoms with Gasteiger partial charge in [-0.25, -0.2) is 5.01 Å². The highest BCUT2D eigenvalue weighted by Crippen LogP contribution is 2.37. The van der Waals surface area contributed by atoms with Gasteiger partial charge < -0.3 is 4.74 Å². The second kappa shape index (κ2) is 9.59. The first-order valence-corrected chi connectivity index (χ1v) is 12.0. The van der Waals surface area contributed by atoms with Crippen LogP contribution in [0.4, 0.5) is 5.69 Å². The summed E-state index contributed by atoms with van der Waals surface area (Å²) in [6, 6.07) is 21.5. The number of hydrazone groups is 1. The first-order valence-electron chi connectivity index (χ1n) is 11.0. The van der Waals surface area contributed by atoms with Gasteiger partial charge in [0.05, 0.1) is 16.9 Å². The highest BCUT2D eigenvalue weighted by Gasteiger charge is 2.36. The summed E-state index contributed by atoms with van der Waals surface area (Å²) in [5, 5.41) is 22.3. The Balaban J connectivity index is 1.63. The molecule has 0 saturated carbocycles. The highest BCUT2D eigenvalue weighted by atomic mass is 32.2. The molecule has 0 spiro atoms. The molecule has 1 amide bonds. The van der Waals surface area contributed by atoms with Crippen LogP contribution >= 0.6 is 11.8 Å². The lowest BCUT2D eigenvalue weighted by atomic mass is 10.1. The van der Waals surface area contributed by atoms with E-state index in [0.29, 0.717) is 45.1 Å². The molecule has 0 unspecified atom stereocenters. The van der Waals surface area contributed by atoms with Crippen molar-refractivity contribution in [3.63, 3.8) is 0 Å². The van der Waals surface area contributed by atoms with Gasteiger partial charge in [-0.15, -0.1) is 5.10 Å². The van der Waals surface area contributed by atoms with Crippen molar-refractivity contribution >= 4 is 34.2 Å². The van der Waals surface area contributed by atoms with Gasteiger partial charge in [0.15, 0.2) is 11.3 Å². The van der Waals surface area contributed by atoms with Crippen molar-refractivity contribution in [1.29, 1.82) is 0 Å². The van der Waals surface area contributed by atoms with Gasteiger partial charge in [-0.3, -0.25) is 25.2 Å². The number of nitro benzene ring substituents is 1. The van der Waals surface area contributed by atoms with E-state index in [4.69, 9.17) is 14.8 Å². The van der Waals surface area contributed by atoms with Gasteiger partial charge in [0.25, 0.3) is 11.6 Å². The number of hydrogen-bond donors (Lipinski definition) is 1. The number of rotatable bonds is 6. The molecule has 0 bridgehead atoms. The molecule has 0 aliphatic carbocycles. The average molecular weight is 488 g/mol. The minimum absolute atomic E-state index is 0.0943. The van der Waals surface area contributed by atoms with E-state index in [1.165, 1.54) is 28.9 Å². The third kappa shape index (κ3) is 4.47. The molecule has 0 aromatic heterocycles. The molecule has 9 nitrogen and oxygen atoms in total. The van der Waals surface area contributed by atoms with Gasteiger partial charge in [-0.2, -0.15) is 0 Å². The normalized spacial score (nSPS) is 16.4. The predicted octanol–water partition coefficient (Wildman–Crippen LogP) is 3.07. The molecule has 2 aliphatic rings. The van der Waals surface area contributed by atoms with Crippen LogP contribution < -0.4 is 20.6 Å². The smallest absolute Gasteiger partial charge is 0.276 e. The van der Waals surface area contributed by atoms with Gasteiger partial charge >= 0.3 is 0 Å². The second-order valence-corrected chi connectivity index (χ2v) is 8.72. The maximum absolute atomic E-state index is 13.3. The molecule has 2 heterocycles. The van der Waals surface area contributed by atoms with Gasteiger partial charge in [0, 0.05) is 28.7 Å². The van der Waals surface area contributed by atoms with Crippen LogP contribution in [0, 0.1) is 10.1 Å². The fourth-order valence-electron chi connectivity index (χ4n) is 3.96. The molecule has 0 radical (unpaired) electrons. The molecule has 35 heavy (non-hydrogen) atoms. The molecule has 5 rings (SSSR count). The summed E-state index contributed by atoms with van der Waals surface area (Å²) in [6.07, 6.45) is -0.820.